The topological polar surface area (TPSA) is 64.3 Å². The van der Waals surface area contributed by atoms with Crippen molar-refractivity contribution in [3.8, 4) is 5.75 Å². The summed E-state index contributed by atoms with van der Waals surface area (Å²) >= 11 is 0. The van der Waals surface area contributed by atoms with Gasteiger partial charge >= 0.3 is 0 Å². The number of carbonyl (C=O) groups is 1. The Bertz CT molecular complexity index is 380. The predicted octanol–water partition coefficient (Wildman–Crippen LogP) is 2.22. The third-order valence-corrected chi connectivity index (χ3v) is 3.03. The van der Waals surface area contributed by atoms with E-state index in [9.17, 15) is 4.79 Å². The van der Waals surface area contributed by atoms with Crippen LogP contribution in [0.25, 0.3) is 0 Å². The van der Waals surface area contributed by atoms with E-state index < -0.39 is 0 Å². The van der Waals surface area contributed by atoms with Crippen LogP contribution in [-0.2, 0) is 11.3 Å². The average molecular weight is 264 g/mol. The molecule has 1 aromatic carbocycles. The number of ether oxygens (including phenoxy) is 1. The number of para-hydroxylation sites is 1. The lowest BCUT2D eigenvalue weighted by molar-refractivity contribution is -0.121. The standard InChI is InChI=1S/C15H24N2O2/c1-19-14-9-6-5-8-13(14)12-17-15(18)10-4-2-3-7-11-16/h5-6,8-9H,2-4,7,10-12,16H2,1H3,(H,17,18). The van der Waals surface area contributed by atoms with Crippen molar-refractivity contribution < 1.29 is 9.53 Å². The third kappa shape index (κ3) is 6.25. The quantitative estimate of drug-likeness (QED) is 0.672. The number of nitrogens with one attached hydrogen (secondary N) is 1. The summed E-state index contributed by atoms with van der Waals surface area (Å²) < 4.78 is 5.24. The zero-order chi connectivity index (χ0) is 13.9. The van der Waals surface area contributed by atoms with E-state index in [0.717, 1.165) is 43.5 Å². The minimum atomic E-state index is 0.0960. The highest BCUT2D eigenvalue weighted by molar-refractivity contribution is 5.75. The Morgan fingerprint density at radius 3 is 2.68 bits per heavy atom. The van der Waals surface area contributed by atoms with Crippen molar-refractivity contribution in [3.05, 3.63) is 29.8 Å². The van der Waals surface area contributed by atoms with Gasteiger partial charge in [0.2, 0.25) is 5.91 Å². The summed E-state index contributed by atoms with van der Waals surface area (Å²) in [4.78, 5) is 11.7. The number of hydrogen-bond acceptors (Lipinski definition) is 3. The van der Waals surface area contributed by atoms with E-state index in [0.29, 0.717) is 13.0 Å². The molecule has 1 amide bonds. The van der Waals surface area contributed by atoms with Crippen LogP contribution in [-0.4, -0.2) is 19.6 Å². The van der Waals surface area contributed by atoms with Crippen LogP contribution in [0.3, 0.4) is 0 Å². The van der Waals surface area contributed by atoms with Gasteiger partial charge in [-0.25, -0.2) is 0 Å². The normalized spacial score (nSPS) is 10.2. The molecule has 0 fully saturated rings. The molecule has 0 spiro atoms. The summed E-state index contributed by atoms with van der Waals surface area (Å²) in [5.74, 6) is 0.907. The summed E-state index contributed by atoms with van der Waals surface area (Å²) in [6, 6.07) is 7.72. The lowest BCUT2D eigenvalue weighted by atomic mass is 10.1. The number of carbonyl (C=O) groups excluding carboxylic acids is 1. The second-order valence-electron chi connectivity index (χ2n) is 4.54. The molecule has 4 heteroatoms. The number of methoxy groups -OCH3 is 1. The molecule has 1 aromatic rings. The molecule has 0 saturated carbocycles. The molecule has 3 N–H and O–H groups in total. The van der Waals surface area contributed by atoms with Crippen LogP contribution >= 0.6 is 0 Å². The molecule has 0 radical (unpaired) electrons. The molecule has 0 atom stereocenters. The van der Waals surface area contributed by atoms with E-state index in [-0.39, 0.29) is 5.91 Å². The van der Waals surface area contributed by atoms with Crippen LogP contribution in [0.2, 0.25) is 0 Å². The van der Waals surface area contributed by atoms with Gasteiger partial charge < -0.3 is 15.8 Å². The first kappa shape index (κ1) is 15.5. The number of amides is 1. The monoisotopic (exact) mass is 264 g/mol. The van der Waals surface area contributed by atoms with Gasteiger partial charge in [-0.1, -0.05) is 31.0 Å². The van der Waals surface area contributed by atoms with Crippen molar-refractivity contribution in [3.63, 3.8) is 0 Å². The van der Waals surface area contributed by atoms with E-state index in [2.05, 4.69) is 5.32 Å². The maximum Gasteiger partial charge on any atom is 0.220 e. The molecular formula is C15H24N2O2. The van der Waals surface area contributed by atoms with Crippen molar-refractivity contribution >= 4 is 5.91 Å². The van der Waals surface area contributed by atoms with Crippen LogP contribution in [0.1, 0.15) is 37.7 Å². The SMILES string of the molecule is COc1ccccc1CNC(=O)CCCCCCN. The first-order chi connectivity index (χ1) is 9.27. The van der Waals surface area contributed by atoms with E-state index in [1.807, 2.05) is 24.3 Å². The molecular weight excluding hydrogens is 240 g/mol. The maximum absolute atomic E-state index is 11.7. The molecule has 0 aromatic heterocycles. The summed E-state index contributed by atoms with van der Waals surface area (Å²) in [5, 5.41) is 2.92. The van der Waals surface area contributed by atoms with Gasteiger partial charge in [-0.05, 0) is 25.5 Å². The van der Waals surface area contributed by atoms with Crippen molar-refractivity contribution in [2.24, 2.45) is 5.73 Å². The van der Waals surface area contributed by atoms with Crippen molar-refractivity contribution in [1.29, 1.82) is 0 Å². The summed E-state index contributed by atoms with van der Waals surface area (Å²) in [6.45, 7) is 1.26. The Labute approximate surface area is 115 Å². The molecule has 106 valence electrons. The Hall–Kier alpha value is -1.55. The molecule has 0 aliphatic rings. The Balaban J connectivity index is 2.22. The minimum Gasteiger partial charge on any atom is -0.496 e. The van der Waals surface area contributed by atoms with E-state index in [1.165, 1.54) is 0 Å². The van der Waals surface area contributed by atoms with Crippen LogP contribution in [0, 0.1) is 0 Å². The van der Waals surface area contributed by atoms with Gasteiger partial charge in [-0.15, -0.1) is 0 Å². The van der Waals surface area contributed by atoms with Gasteiger partial charge in [0.05, 0.1) is 7.11 Å². The number of benzene rings is 1. The van der Waals surface area contributed by atoms with Gasteiger partial charge in [0.25, 0.3) is 0 Å². The van der Waals surface area contributed by atoms with Crippen LogP contribution in [0.15, 0.2) is 24.3 Å². The first-order valence-corrected chi connectivity index (χ1v) is 6.86. The first-order valence-electron chi connectivity index (χ1n) is 6.86. The summed E-state index contributed by atoms with van der Waals surface area (Å²) in [6.07, 6.45) is 4.73. The number of nitrogens with two attached hydrogens (primary N) is 1. The van der Waals surface area contributed by atoms with E-state index >= 15 is 0 Å². The lowest BCUT2D eigenvalue weighted by Gasteiger charge is -2.09. The summed E-state index contributed by atoms with van der Waals surface area (Å²) in [5.41, 5.74) is 6.42. The molecule has 0 aliphatic heterocycles. The highest BCUT2D eigenvalue weighted by atomic mass is 16.5. The van der Waals surface area contributed by atoms with Crippen LogP contribution < -0.4 is 15.8 Å². The highest BCUT2D eigenvalue weighted by Gasteiger charge is 2.04. The summed E-state index contributed by atoms with van der Waals surface area (Å²) in [7, 11) is 1.64. The second-order valence-corrected chi connectivity index (χ2v) is 4.54. The number of hydrogen-bond donors (Lipinski definition) is 2. The Morgan fingerprint density at radius 2 is 1.95 bits per heavy atom. The largest absolute Gasteiger partial charge is 0.496 e. The van der Waals surface area contributed by atoms with Gasteiger partial charge in [0.15, 0.2) is 0 Å². The van der Waals surface area contributed by atoms with E-state index in [4.69, 9.17) is 10.5 Å². The fourth-order valence-corrected chi connectivity index (χ4v) is 1.91. The van der Waals surface area contributed by atoms with Gasteiger partial charge in [0.1, 0.15) is 5.75 Å². The number of unbranched alkanes of at least 4 members (excludes halogenated alkanes) is 3. The molecule has 0 aliphatic carbocycles. The van der Waals surface area contributed by atoms with E-state index in [1.54, 1.807) is 7.11 Å². The van der Waals surface area contributed by atoms with Gasteiger partial charge in [0, 0.05) is 18.5 Å². The molecule has 19 heavy (non-hydrogen) atoms. The highest BCUT2D eigenvalue weighted by Crippen LogP contribution is 2.16. The van der Waals surface area contributed by atoms with Gasteiger partial charge in [-0.2, -0.15) is 0 Å². The van der Waals surface area contributed by atoms with Crippen molar-refractivity contribution in [2.45, 2.75) is 38.6 Å². The van der Waals surface area contributed by atoms with Crippen molar-refractivity contribution in [2.75, 3.05) is 13.7 Å². The maximum atomic E-state index is 11.7. The fraction of sp³-hybridized carbons (Fsp3) is 0.533. The lowest BCUT2D eigenvalue weighted by Crippen LogP contribution is -2.22. The Morgan fingerprint density at radius 1 is 1.21 bits per heavy atom. The third-order valence-electron chi connectivity index (χ3n) is 3.03. The number of rotatable bonds is 9. The minimum absolute atomic E-state index is 0.0960. The molecule has 0 saturated heterocycles. The average Bonchev–Trinajstić information content (AvgIpc) is 2.45. The van der Waals surface area contributed by atoms with Crippen molar-refractivity contribution in [1.82, 2.24) is 5.32 Å². The molecule has 0 bridgehead atoms. The predicted molar refractivity (Wildman–Crippen MR) is 77.0 cm³/mol. The smallest absolute Gasteiger partial charge is 0.220 e. The second kappa shape index (κ2) is 9.39. The zero-order valence-electron chi connectivity index (χ0n) is 11.7. The zero-order valence-corrected chi connectivity index (χ0v) is 11.7. The molecule has 4 nitrogen and oxygen atoms in total. The molecule has 0 heterocycles. The van der Waals surface area contributed by atoms with Crippen LogP contribution in [0.5, 0.6) is 5.75 Å². The molecule has 1 rings (SSSR count). The molecule has 0 unspecified atom stereocenters. The van der Waals surface area contributed by atoms with Crippen LogP contribution in [0.4, 0.5) is 0 Å². The van der Waals surface area contributed by atoms with Gasteiger partial charge in [-0.3, -0.25) is 4.79 Å². The Kier molecular flexibility index (Phi) is 7.66. The fourth-order valence-electron chi connectivity index (χ4n) is 1.91.